The summed E-state index contributed by atoms with van der Waals surface area (Å²) in [7, 11) is 0. The van der Waals surface area contributed by atoms with E-state index in [4.69, 9.17) is 0 Å². The third kappa shape index (κ3) is 4.18. The topological polar surface area (TPSA) is 34.4 Å². The van der Waals surface area contributed by atoms with Gasteiger partial charge in [-0.2, -0.15) is 18.2 Å². The van der Waals surface area contributed by atoms with Crippen LogP contribution >= 0.6 is 11.3 Å². The van der Waals surface area contributed by atoms with Crippen molar-refractivity contribution in [3.8, 4) is 16.9 Å². The molecule has 0 aliphatic rings. The van der Waals surface area contributed by atoms with Crippen molar-refractivity contribution in [1.29, 1.82) is 0 Å². The molecule has 4 aromatic carbocycles. The molecule has 0 saturated carbocycles. The molecule has 5 rings (SSSR count). The predicted molar refractivity (Wildman–Crippen MR) is 128 cm³/mol. The van der Waals surface area contributed by atoms with Crippen LogP contribution in [0.1, 0.15) is 15.9 Å². The number of nitrogens with zero attached hydrogens (tertiary/aromatic N) is 2. The standard InChI is InChI=1S/C27H17F3N2OS/c28-27(29,30)20-15-13-19(14-16-20)24-17-34-26(32(24)21-9-2-1-3-10-21)31-25(33)23-12-6-8-18-7-4-5-11-22(18)23/h1-17H. The van der Waals surface area contributed by atoms with Crippen molar-refractivity contribution in [3.63, 3.8) is 0 Å². The van der Waals surface area contributed by atoms with Crippen LogP contribution in [-0.2, 0) is 6.18 Å². The van der Waals surface area contributed by atoms with Crippen LogP contribution in [0.3, 0.4) is 0 Å². The molecule has 0 saturated heterocycles. The van der Waals surface area contributed by atoms with Gasteiger partial charge in [-0.25, -0.2) is 0 Å². The van der Waals surface area contributed by atoms with Crippen molar-refractivity contribution in [3.05, 3.63) is 118 Å². The van der Waals surface area contributed by atoms with E-state index >= 15 is 0 Å². The molecule has 0 aliphatic carbocycles. The van der Waals surface area contributed by atoms with E-state index in [9.17, 15) is 18.0 Å². The quantitative estimate of drug-likeness (QED) is 0.274. The van der Waals surface area contributed by atoms with Crippen molar-refractivity contribution < 1.29 is 18.0 Å². The lowest BCUT2D eigenvalue weighted by Gasteiger charge is -2.11. The summed E-state index contributed by atoms with van der Waals surface area (Å²) in [5.41, 5.74) is 1.76. The van der Waals surface area contributed by atoms with Gasteiger partial charge in [0.05, 0.1) is 11.3 Å². The second-order valence-electron chi connectivity index (χ2n) is 7.59. The molecule has 34 heavy (non-hydrogen) atoms. The third-order valence-electron chi connectivity index (χ3n) is 5.45. The number of benzene rings is 4. The first-order valence-electron chi connectivity index (χ1n) is 10.4. The first-order chi connectivity index (χ1) is 16.4. The minimum Gasteiger partial charge on any atom is -0.285 e. The monoisotopic (exact) mass is 474 g/mol. The Hall–Kier alpha value is -3.97. The van der Waals surface area contributed by atoms with Crippen LogP contribution in [0.4, 0.5) is 13.2 Å². The Balaban J connectivity index is 1.66. The van der Waals surface area contributed by atoms with Crippen LogP contribution in [0.5, 0.6) is 0 Å². The average Bonchev–Trinajstić information content (AvgIpc) is 3.27. The number of amides is 1. The van der Waals surface area contributed by atoms with Gasteiger partial charge in [-0.3, -0.25) is 9.36 Å². The first-order valence-corrected chi connectivity index (χ1v) is 11.3. The minimum absolute atomic E-state index is 0.387. The molecule has 1 heterocycles. The Morgan fingerprint density at radius 3 is 2.21 bits per heavy atom. The predicted octanol–water partition coefficient (Wildman–Crippen LogP) is 7.12. The maximum Gasteiger partial charge on any atom is 0.416 e. The van der Waals surface area contributed by atoms with Crippen LogP contribution in [0.15, 0.2) is 107 Å². The molecular weight excluding hydrogens is 457 g/mol. The molecule has 0 N–H and O–H groups in total. The second-order valence-corrected chi connectivity index (χ2v) is 8.43. The van der Waals surface area contributed by atoms with Gasteiger partial charge >= 0.3 is 6.18 Å². The summed E-state index contributed by atoms with van der Waals surface area (Å²) in [4.78, 5) is 18.1. The molecule has 0 spiro atoms. The van der Waals surface area contributed by atoms with Crippen molar-refractivity contribution in [2.75, 3.05) is 0 Å². The lowest BCUT2D eigenvalue weighted by atomic mass is 10.0. The van der Waals surface area contributed by atoms with Crippen LogP contribution < -0.4 is 4.80 Å². The van der Waals surface area contributed by atoms with Crippen molar-refractivity contribution in [2.45, 2.75) is 6.18 Å². The number of hydrogen-bond donors (Lipinski definition) is 0. The zero-order chi connectivity index (χ0) is 23.7. The molecule has 0 aliphatic heterocycles. The Bertz CT molecular complexity index is 1540. The molecule has 0 bridgehead atoms. The fourth-order valence-corrected chi connectivity index (χ4v) is 4.71. The Labute approximate surface area is 197 Å². The van der Waals surface area contributed by atoms with E-state index in [1.165, 1.54) is 23.5 Å². The van der Waals surface area contributed by atoms with Crippen molar-refractivity contribution in [2.24, 2.45) is 4.99 Å². The van der Waals surface area contributed by atoms with Crippen LogP contribution in [0, 0.1) is 0 Å². The molecule has 0 radical (unpaired) electrons. The van der Waals surface area contributed by atoms with E-state index in [-0.39, 0.29) is 5.91 Å². The summed E-state index contributed by atoms with van der Waals surface area (Å²) >= 11 is 1.26. The van der Waals surface area contributed by atoms with E-state index in [1.54, 1.807) is 16.0 Å². The van der Waals surface area contributed by atoms with Gasteiger partial charge in [-0.05, 0) is 46.7 Å². The average molecular weight is 475 g/mol. The number of carbonyl (C=O) groups excluding carboxylic acids is 1. The highest BCUT2D eigenvalue weighted by Crippen LogP contribution is 2.31. The lowest BCUT2D eigenvalue weighted by molar-refractivity contribution is -0.137. The zero-order valence-electron chi connectivity index (χ0n) is 17.7. The fraction of sp³-hybridized carbons (Fsp3) is 0.0370. The molecule has 1 aromatic heterocycles. The molecule has 168 valence electrons. The van der Waals surface area contributed by atoms with Crippen molar-refractivity contribution in [1.82, 2.24) is 4.57 Å². The number of aromatic nitrogens is 1. The van der Waals surface area contributed by atoms with E-state index in [2.05, 4.69) is 4.99 Å². The van der Waals surface area contributed by atoms with E-state index in [0.29, 0.717) is 21.6 Å². The molecule has 1 amide bonds. The minimum atomic E-state index is -4.41. The highest BCUT2D eigenvalue weighted by atomic mass is 32.1. The first kappa shape index (κ1) is 21.9. The summed E-state index contributed by atoms with van der Waals surface area (Å²) in [6.45, 7) is 0. The Morgan fingerprint density at radius 1 is 0.794 bits per heavy atom. The normalized spacial score (nSPS) is 12.3. The van der Waals surface area contributed by atoms with Gasteiger partial charge in [-0.1, -0.05) is 66.7 Å². The fourth-order valence-electron chi connectivity index (χ4n) is 3.81. The maximum absolute atomic E-state index is 13.2. The smallest absolute Gasteiger partial charge is 0.285 e. The molecule has 3 nitrogen and oxygen atoms in total. The van der Waals surface area contributed by atoms with Crippen LogP contribution in [0.2, 0.25) is 0 Å². The summed E-state index contributed by atoms with van der Waals surface area (Å²) < 4.78 is 40.9. The second kappa shape index (κ2) is 8.76. The van der Waals surface area contributed by atoms with Gasteiger partial charge in [0.2, 0.25) is 0 Å². The molecule has 7 heteroatoms. The summed E-state index contributed by atoms with van der Waals surface area (Å²) in [6, 6.07) is 27.4. The summed E-state index contributed by atoms with van der Waals surface area (Å²) in [5.74, 6) is -0.387. The summed E-state index contributed by atoms with van der Waals surface area (Å²) in [6.07, 6.45) is -4.41. The van der Waals surface area contributed by atoms with Crippen molar-refractivity contribution >= 4 is 28.0 Å². The number of rotatable bonds is 3. The summed E-state index contributed by atoms with van der Waals surface area (Å²) in [5, 5.41) is 3.55. The zero-order valence-corrected chi connectivity index (χ0v) is 18.5. The molecule has 5 aromatic rings. The number of carbonyl (C=O) groups is 1. The van der Waals surface area contributed by atoms with Gasteiger partial charge in [0, 0.05) is 16.6 Å². The van der Waals surface area contributed by atoms with Gasteiger partial charge < -0.3 is 0 Å². The molecule has 0 fully saturated rings. The number of halogens is 3. The highest BCUT2D eigenvalue weighted by Gasteiger charge is 2.30. The number of alkyl halides is 3. The Kier molecular flexibility index (Phi) is 5.63. The van der Waals surface area contributed by atoms with Gasteiger partial charge in [-0.15, -0.1) is 11.3 Å². The molecule has 0 atom stereocenters. The van der Waals surface area contributed by atoms with Gasteiger partial charge in [0.1, 0.15) is 0 Å². The molecule has 0 unspecified atom stereocenters. The number of fused-ring (bicyclic) bond motifs is 1. The number of para-hydroxylation sites is 1. The van der Waals surface area contributed by atoms with Gasteiger partial charge in [0.15, 0.2) is 4.80 Å². The molecular formula is C27H17F3N2OS. The Morgan fingerprint density at radius 2 is 1.47 bits per heavy atom. The highest BCUT2D eigenvalue weighted by molar-refractivity contribution is 7.07. The number of thiazole rings is 1. The third-order valence-corrected chi connectivity index (χ3v) is 6.27. The van der Waals surface area contributed by atoms with Crippen LogP contribution in [-0.4, -0.2) is 10.5 Å². The number of hydrogen-bond acceptors (Lipinski definition) is 2. The van der Waals surface area contributed by atoms with E-state index < -0.39 is 11.7 Å². The van der Waals surface area contributed by atoms with E-state index in [1.807, 2.05) is 66.7 Å². The largest absolute Gasteiger partial charge is 0.416 e. The maximum atomic E-state index is 13.2. The lowest BCUT2D eigenvalue weighted by Crippen LogP contribution is -2.16. The SMILES string of the molecule is O=C(N=c1scc(-c2ccc(C(F)(F)F)cc2)n1-c1ccccc1)c1cccc2ccccc12. The van der Waals surface area contributed by atoms with Gasteiger partial charge in [0.25, 0.3) is 5.91 Å². The van der Waals surface area contributed by atoms with E-state index in [0.717, 1.165) is 28.6 Å². The van der Waals surface area contributed by atoms with Crippen LogP contribution in [0.25, 0.3) is 27.7 Å².